The molecule has 0 fully saturated rings. The van der Waals surface area contributed by atoms with Crippen molar-refractivity contribution in [2.75, 3.05) is 5.32 Å². The molecule has 0 aliphatic heterocycles. The third-order valence-corrected chi connectivity index (χ3v) is 4.87. The molecule has 30 heavy (non-hydrogen) atoms. The summed E-state index contributed by atoms with van der Waals surface area (Å²) >= 11 is 0. The zero-order chi connectivity index (χ0) is 21.1. The highest BCUT2D eigenvalue weighted by Gasteiger charge is 2.19. The largest absolute Gasteiger partial charge is 0.457 e. The van der Waals surface area contributed by atoms with Gasteiger partial charge in [0.1, 0.15) is 17.2 Å². The van der Waals surface area contributed by atoms with Crippen molar-refractivity contribution >= 4 is 11.6 Å². The van der Waals surface area contributed by atoms with Gasteiger partial charge in [-0.15, -0.1) is 0 Å². The van der Waals surface area contributed by atoms with Crippen molar-refractivity contribution in [3.05, 3.63) is 107 Å². The van der Waals surface area contributed by atoms with Crippen molar-refractivity contribution in [1.82, 2.24) is 9.36 Å². The summed E-state index contributed by atoms with van der Waals surface area (Å²) in [5, 5.41) is 2.77. The van der Waals surface area contributed by atoms with Crippen molar-refractivity contribution in [3.63, 3.8) is 0 Å². The fraction of sp³-hybridized carbons (Fsp3) is 0.0833. The predicted molar refractivity (Wildman–Crippen MR) is 117 cm³/mol. The Morgan fingerprint density at radius 3 is 2.20 bits per heavy atom. The molecule has 0 saturated carbocycles. The number of benzene rings is 3. The molecule has 0 atom stereocenters. The Bertz CT molecular complexity index is 1240. The Labute approximate surface area is 174 Å². The van der Waals surface area contributed by atoms with Crippen LogP contribution in [0.3, 0.4) is 0 Å². The third kappa shape index (κ3) is 3.75. The summed E-state index contributed by atoms with van der Waals surface area (Å²) < 4.78 is 9.05. The second kappa shape index (κ2) is 8.13. The van der Waals surface area contributed by atoms with Crippen LogP contribution in [0.25, 0.3) is 5.69 Å². The van der Waals surface area contributed by atoms with E-state index in [1.165, 1.54) is 4.68 Å². The Balaban J connectivity index is 1.61. The summed E-state index contributed by atoms with van der Waals surface area (Å²) in [7, 11) is 1.79. The van der Waals surface area contributed by atoms with Crippen LogP contribution in [0.15, 0.2) is 89.7 Å². The lowest BCUT2D eigenvalue weighted by atomic mass is 10.2. The highest BCUT2D eigenvalue weighted by atomic mass is 16.5. The summed E-state index contributed by atoms with van der Waals surface area (Å²) in [4.78, 5) is 25.8. The molecule has 1 heterocycles. The van der Waals surface area contributed by atoms with E-state index in [-0.39, 0.29) is 17.2 Å². The second-order valence-corrected chi connectivity index (χ2v) is 6.83. The van der Waals surface area contributed by atoms with Crippen LogP contribution in [-0.2, 0) is 7.05 Å². The minimum absolute atomic E-state index is 0.251. The summed E-state index contributed by atoms with van der Waals surface area (Å²) in [5.74, 6) is 0.847. The number of rotatable bonds is 5. The first kappa shape index (κ1) is 19.3. The number of para-hydroxylation sites is 2. The van der Waals surface area contributed by atoms with Gasteiger partial charge in [-0.2, -0.15) is 0 Å². The maximum atomic E-state index is 13.0. The Morgan fingerprint density at radius 1 is 0.867 bits per heavy atom. The minimum Gasteiger partial charge on any atom is -0.457 e. The highest BCUT2D eigenvalue weighted by Crippen LogP contribution is 2.22. The van der Waals surface area contributed by atoms with Crippen LogP contribution in [0.4, 0.5) is 5.69 Å². The number of carbonyl (C=O) groups is 1. The molecule has 0 bridgehead atoms. The first-order valence-corrected chi connectivity index (χ1v) is 9.53. The van der Waals surface area contributed by atoms with Crippen LogP contribution < -0.4 is 15.6 Å². The van der Waals surface area contributed by atoms with Gasteiger partial charge >= 0.3 is 0 Å². The van der Waals surface area contributed by atoms with Crippen molar-refractivity contribution in [1.29, 1.82) is 0 Å². The molecule has 0 aliphatic rings. The topological polar surface area (TPSA) is 65.3 Å². The predicted octanol–water partition coefficient (Wildman–Crippen LogP) is 4.53. The molecule has 3 aromatic carbocycles. The first-order valence-electron chi connectivity index (χ1n) is 9.53. The van der Waals surface area contributed by atoms with E-state index in [9.17, 15) is 9.59 Å². The Hall–Kier alpha value is -4.06. The number of hydrogen-bond donors (Lipinski definition) is 1. The van der Waals surface area contributed by atoms with Gasteiger partial charge in [-0.3, -0.25) is 14.3 Å². The summed E-state index contributed by atoms with van der Waals surface area (Å²) in [6.45, 7) is 1.80. The highest BCUT2D eigenvalue weighted by molar-refractivity contribution is 6.04. The van der Waals surface area contributed by atoms with E-state index >= 15 is 0 Å². The van der Waals surface area contributed by atoms with Gasteiger partial charge in [0, 0.05) is 12.6 Å². The minimum atomic E-state index is -0.375. The van der Waals surface area contributed by atoms with Crippen LogP contribution in [0.5, 0.6) is 11.5 Å². The molecular weight excluding hydrogens is 378 g/mol. The van der Waals surface area contributed by atoms with E-state index < -0.39 is 0 Å². The van der Waals surface area contributed by atoms with Gasteiger partial charge in [0.25, 0.3) is 11.5 Å². The van der Waals surface area contributed by atoms with E-state index in [1.807, 2.05) is 60.7 Å². The molecule has 150 valence electrons. The van der Waals surface area contributed by atoms with Crippen LogP contribution in [0.2, 0.25) is 0 Å². The normalized spacial score (nSPS) is 10.6. The lowest BCUT2D eigenvalue weighted by Gasteiger charge is -2.08. The molecule has 6 heteroatoms. The fourth-order valence-corrected chi connectivity index (χ4v) is 3.22. The van der Waals surface area contributed by atoms with Gasteiger partial charge in [-0.25, -0.2) is 4.68 Å². The Kier molecular flexibility index (Phi) is 5.22. The quantitative estimate of drug-likeness (QED) is 0.536. The molecule has 0 radical (unpaired) electrons. The SMILES string of the molecule is Cc1c(NC(=O)c2cccc(Oc3ccccc3)c2)c(=O)n(-c2ccccc2)n1C. The number of nitrogens with one attached hydrogen (secondary N) is 1. The molecule has 6 nitrogen and oxygen atoms in total. The van der Waals surface area contributed by atoms with Gasteiger partial charge in [-0.05, 0) is 49.4 Å². The van der Waals surface area contributed by atoms with Gasteiger partial charge < -0.3 is 10.1 Å². The molecule has 4 aromatic rings. The van der Waals surface area contributed by atoms with E-state index in [0.717, 1.165) is 5.69 Å². The maximum absolute atomic E-state index is 13.0. The van der Waals surface area contributed by atoms with Crippen LogP contribution in [0.1, 0.15) is 16.1 Å². The zero-order valence-electron chi connectivity index (χ0n) is 16.7. The average Bonchev–Trinajstić information content (AvgIpc) is 2.98. The van der Waals surface area contributed by atoms with Crippen LogP contribution in [-0.4, -0.2) is 15.3 Å². The van der Waals surface area contributed by atoms with Crippen LogP contribution in [0, 0.1) is 6.92 Å². The van der Waals surface area contributed by atoms with Gasteiger partial charge in [0.05, 0.1) is 11.4 Å². The lowest BCUT2D eigenvalue weighted by molar-refractivity contribution is 0.102. The number of carbonyl (C=O) groups excluding carboxylic acids is 1. The van der Waals surface area contributed by atoms with E-state index in [2.05, 4.69) is 5.32 Å². The molecule has 0 spiro atoms. The van der Waals surface area contributed by atoms with Crippen LogP contribution >= 0.6 is 0 Å². The average molecular weight is 399 g/mol. The van der Waals surface area contributed by atoms with E-state index in [0.29, 0.717) is 22.8 Å². The molecule has 1 aromatic heterocycles. The van der Waals surface area contributed by atoms with E-state index in [1.54, 1.807) is 42.9 Å². The standard InChI is InChI=1S/C24H21N3O3/c1-17-22(24(29)27(26(17)2)19-11-5-3-6-12-19)25-23(28)18-10-9-15-21(16-18)30-20-13-7-4-8-14-20/h3-16H,1-2H3,(H,25,28). The molecule has 4 rings (SSSR count). The number of ether oxygens (including phenoxy) is 1. The molecular formula is C24H21N3O3. The summed E-state index contributed by atoms with van der Waals surface area (Å²) in [5.41, 5.74) is 1.75. The van der Waals surface area contributed by atoms with Gasteiger partial charge in [0.15, 0.2) is 0 Å². The zero-order valence-corrected chi connectivity index (χ0v) is 16.7. The fourth-order valence-electron chi connectivity index (χ4n) is 3.22. The third-order valence-electron chi connectivity index (χ3n) is 4.87. The number of hydrogen-bond acceptors (Lipinski definition) is 3. The number of nitrogens with zero attached hydrogens (tertiary/aromatic N) is 2. The monoisotopic (exact) mass is 399 g/mol. The van der Waals surface area contributed by atoms with Gasteiger partial charge in [0.2, 0.25) is 0 Å². The Morgan fingerprint density at radius 2 is 1.50 bits per heavy atom. The maximum Gasteiger partial charge on any atom is 0.295 e. The second-order valence-electron chi connectivity index (χ2n) is 6.83. The molecule has 0 saturated heterocycles. The van der Waals surface area contributed by atoms with Crippen molar-refractivity contribution < 1.29 is 9.53 Å². The van der Waals surface area contributed by atoms with E-state index in [4.69, 9.17) is 4.74 Å². The smallest absolute Gasteiger partial charge is 0.295 e. The van der Waals surface area contributed by atoms with Crippen molar-refractivity contribution in [2.24, 2.45) is 7.05 Å². The molecule has 0 aliphatic carbocycles. The number of amides is 1. The van der Waals surface area contributed by atoms with Crippen molar-refractivity contribution in [3.8, 4) is 17.2 Å². The van der Waals surface area contributed by atoms with Crippen molar-refractivity contribution in [2.45, 2.75) is 6.92 Å². The first-order chi connectivity index (χ1) is 14.5. The number of anilines is 1. The molecule has 1 amide bonds. The summed E-state index contributed by atoms with van der Waals surface area (Å²) in [6, 6.07) is 25.5. The summed E-state index contributed by atoms with van der Waals surface area (Å²) in [6.07, 6.45) is 0. The lowest BCUT2D eigenvalue weighted by Crippen LogP contribution is -2.22. The number of aromatic nitrogens is 2. The molecule has 0 unspecified atom stereocenters. The molecule has 1 N–H and O–H groups in total. The van der Waals surface area contributed by atoms with Gasteiger partial charge in [-0.1, -0.05) is 42.5 Å².